The Balaban J connectivity index is 2.83. The summed E-state index contributed by atoms with van der Waals surface area (Å²) in [5.41, 5.74) is 2.29. The largest absolute Gasteiger partial charge is 0.344 e. The van der Waals surface area contributed by atoms with Gasteiger partial charge in [0, 0.05) is 28.7 Å². The van der Waals surface area contributed by atoms with Gasteiger partial charge >= 0.3 is 0 Å². The summed E-state index contributed by atoms with van der Waals surface area (Å²) in [6.07, 6.45) is 1.84. The first-order valence-corrected chi connectivity index (χ1v) is 4.47. The molecule has 0 aliphatic rings. The molecule has 1 heterocycles. The van der Waals surface area contributed by atoms with E-state index in [9.17, 15) is 0 Å². The highest BCUT2D eigenvalue weighted by molar-refractivity contribution is 6.31. The third-order valence-electron chi connectivity index (χ3n) is 2.25. The highest BCUT2D eigenvalue weighted by atomic mass is 35.5. The van der Waals surface area contributed by atoms with Crippen LogP contribution in [0.2, 0.25) is 5.02 Å². The van der Waals surface area contributed by atoms with E-state index in [2.05, 4.69) is 17.2 Å². The molecule has 1 nitrogen and oxygen atoms in total. The van der Waals surface area contributed by atoms with Gasteiger partial charge in [-0.1, -0.05) is 18.2 Å². The van der Waals surface area contributed by atoms with Crippen molar-refractivity contribution < 1.29 is 0 Å². The van der Waals surface area contributed by atoms with Gasteiger partial charge < -0.3 is 4.57 Å². The number of nitrogens with zero attached hydrogens (tertiary/aromatic N) is 1. The van der Waals surface area contributed by atoms with E-state index in [1.807, 2.05) is 31.3 Å². The Kier molecular flexibility index (Phi) is 1.89. The highest BCUT2D eigenvalue weighted by Gasteiger charge is 2.02. The zero-order valence-corrected chi connectivity index (χ0v) is 8.17. The van der Waals surface area contributed by atoms with Crippen LogP contribution in [0.4, 0.5) is 0 Å². The number of rotatable bonds is 1. The van der Waals surface area contributed by atoms with Crippen LogP contribution in [0.3, 0.4) is 0 Å². The highest BCUT2D eigenvalue weighted by Crippen LogP contribution is 2.22. The van der Waals surface area contributed by atoms with Crippen molar-refractivity contribution in [1.82, 2.24) is 4.57 Å². The number of halogens is 1. The molecule has 2 aromatic rings. The van der Waals surface area contributed by atoms with Gasteiger partial charge in [-0.05, 0) is 30.3 Å². The van der Waals surface area contributed by atoms with Crippen LogP contribution in [-0.4, -0.2) is 4.57 Å². The summed E-state index contributed by atoms with van der Waals surface area (Å²) in [5, 5.41) is 1.93. The van der Waals surface area contributed by atoms with Gasteiger partial charge in [0.2, 0.25) is 0 Å². The van der Waals surface area contributed by atoms with Gasteiger partial charge in [-0.25, -0.2) is 0 Å². The predicted molar refractivity (Wildman–Crippen MR) is 58.0 cm³/mol. The molecule has 2 rings (SSSR count). The summed E-state index contributed by atoms with van der Waals surface area (Å²) in [5.74, 6) is 0. The summed E-state index contributed by atoms with van der Waals surface area (Å²) in [6.45, 7) is 3.76. The van der Waals surface area contributed by atoms with Crippen molar-refractivity contribution in [2.75, 3.05) is 0 Å². The summed E-state index contributed by atoms with van der Waals surface area (Å²) in [4.78, 5) is 0. The predicted octanol–water partition coefficient (Wildman–Crippen LogP) is 3.47. The minimum atomic E-state index is 0.772. The van der Waals surface area contributed by atoms with Gasteiger partial charge in [0.25, 0.3) is 0 Å². The van der Waals surface area contributed by atoms with Gasteiger partial charge in [0.1, 0.15) is 0 Å². The fraction of sp³-hybridized carbons (Fsp3) is 0.0909. The van der Waals surface area contributed by atoms with E-state index >= 15 is 0 Å². The molecule has 0 unspecified atom stereocenters. The van der Waals surface area contributed by atoms with E-state index in [1.165, 1.54) is 5.52 Å². The van der Waals surface area contributed by atoms with Crippen LogP contribution in [0.1, 0.15) is 5.69 Å². The van der Waals surface area contributed by atoms with Crippen LogP contribution < -0.4 is 0 Å². The molecule has 0 aliphatic carbocycles. The van der Waals surface area contributed by atoms with Crippen molar-refractivity contribution in [3.63, 3.8) is 0 Å². The minimum Gasteiger partial charge on any atom is -0.344 e. The lowest BCUT2D eigenvalue weighted by atomic mass is 10.2. The maximum Gasteiger partial charge on any atom is 0.0483 e. The van der Waals surface area contributed by atoms with Gasteiger partial charge in [0.15, 0.2) is 0 Å². The molecule has 0 atom stereocenters. The van der Waals surface area contributed by atoms with Crippen molar-refractivity contribution in [1.29, 1.82) is 0 Å². The molecule has 66 valence electrons. The monoisotopic (exact) mass is 191 g/mol. The zero-order valence-electron chi connectivity index (χ0n) is 7.42. The lowest BCUT2D eigenvalue weighted by molar-refractivity contribution is 0.955. The van der Waals surface area contributed by atoms with E-state index in [0.29, 0.717) is 0 Å². The first-order valence-electron chi connectivity index (χ1n) is 4.10. The standard InChI is InChI=1S/C11H10ClN/c1-3-10-7-8-6-9(12)4-5-11(8)13(10)2/h3-7H,1H2,2H3. The second-order valence-corrected chi connectivity index (χ2v) is 3.47. The smallest absolute Gasteiger partial charge is 0.0483 e. The van der Waals surface area contributed by atoms with Crippen molar-refractivity contribution in [3.8, 4) is 0 Å². The van der Waals surface area contributed by atoms with Crippen LogP contribution in [0.15, 0.2) is 30.8 Å². The lowest BCUT2D eigenvalue weighted by Crippen LogP contribution is -1.88. The van der Waals surface area contributed by atoms with E-state index in [4.69, 9.17) is 11.6 Å². The van der Waals surface area contributed by atoms with Crippen LogP contribution >= 0.6 is 11.6 Å². The number of hydrogen-bond donors (Lipinski definition) is 0. The molecule has 0 N–H and O–H groups in total. The number of benzene rings is 1. The summed E-state index contributed by atoms with van der Waals surface area (Å²) >= 11 is 5.89. The van der Waals surface area contributed by atoms with Crippen molar-refractivity contribution in [2.45, 2.75) is 0 Å². The maximum absolute atomic E-state index is 5.89. The Morgan fingerprint density at radius 1 is 1.38 bits per heavy atom. The maximum atomic E-state index is 5.89. The van der Waals surface area contributed by atoms with Crippen LogP contribution in [0.25, 0.3) is 17.0 Å². The van der Waals surface area contributed by atoms with Crippen LogP contribution in [-0.2, 0) is 7.05 Å². The molecular formula is C11H10ClN. The molecule has 1 aromatic carbocycles. The molecule has 0 saturated heterocycles. The number of fused-ring (bicyclic) bond motifs is 1. The molecule has 0 spiro atoms. The third-order valence-corrected chi connectivity index (χ3v) is 2.49. The Labute approximate surface area is 82.2 Å². The zero-order chi connectivity index (χ0) is 9.42. The topological polar surface area (TPSA) is 4.93 Å². The number of aryl methyl sites for hydroxylation is 1. The molecular weight excluding hydrogens is 182 g/mol. The molecule has 0 aliphatic heterocycles. The summed E-state index contributed by atoms with van der Waals surface area (Å²) in [7, 11) is 2.02. The second-order valence-electron chi connectivity index (χ2n) is 3.04. The van der Waals surface area contributed by atoms with E-state index in [0.717, 1.165) is 16.1 Å². The molecule has 1 aromatic heterocycles. The van der Waals surface area contributed by atoms with Crippen molar-refractivity contribution in [3.05, 3.63) is 41.6 Å². The fourth-order valence-electron chi connectivity index (χ4n) is 1.54. The molecule has 2 heteroatoms. The Bertz CT molecular complexity index is 468. The molecule has 0 fully saturated rings. The first kappa shape index (κ1) is 8.39. The number of aromatic nitrogens is 1. The minimum absolute atomic E-state index is 0.772. The number of hydrogen-bond acceptors (Lipinski definition) is 0. The normalized spacial score (nSPS) is 10.6. The van der Waals surface area contributed by atoms with Gasteiger partial charge in [-0.15, -0.1) is 0 Å². The first-order chi connectivity index (χ1) is 6.22. The van der Waals surface area contributed by atoms with E-state index in [1.54, 1.807) is 0 Å². The van der Waals surface area contributed by atoms with E-state index < -0.39 is 0 Å². The fourth-order valence-corrected chi connectivity index (χ4v) is 1.72. The molecule has 0 bridgehead atoms. The molecule has 0 radical (unpaired) electrons. The Morgan fingerprint density at radius 2 is 2.15 bits per heavy atom. The summed E-state index contributed by atoms with van der Waals surface area (Å²) in [6, 6.07) is 7.96. The van der Waals surface area contributed by atoms with Gasteiger partial charge in [-0.2, -0.15) is 0 Å². The quantitative estimate of drug-likeness (QED) is 0.651. The lowest BCUT2D eigenvalue weighted by Gasteiger charge is -1.98. The Morgan fingerprint density at radius 3 is 2.85 bits per heavy atom. The van der Waals surface area contributed by atoms with Crippen LogP contribution in [0, 0.1) is 0 Å². The average molecular weight is 192 g/mol. The average Bonchev–Trinajstić information content (AvgIpc) is 2.42. The third kappa shape index (κ3) is 1.25. The van der Waals surface area contributed by atoms with Gasteiger partial charge in [-0.3, -0.25) is 0 Å². The van der Waals surface area contributed by atoms with Crippen molar-refractivity contribution >= 4 is 28.6 Å². The SMILES string of the molecule is C=Cc1cc2cc(Cl)ccc2n1C. The second kappa shape index (κ2) is 2.93. The van der Waals surface area contributed by atoms with Gasteiger partial charge in [0.05, 0.1) is 0 Å². The Hall–Kier alpha value is -1.21. The summed E-state index contributed by atoms with van der Waals surface area (Å²) < 4.78 is 2.10. The van der Waals surface area contributed by atoms with Crippen molar-refractivity contribution in [2.24, 2.45) is 7.05 Å². The van der Waals surface area contributed by atoms with E-state index in [-0.39, 0.29) is 0 Å². The molecule has 0 amide bonds. The van der Waals surface area contributed by atoms with Crippen LogP contribution in [0.5, 0.6) is 0 Å². The molecule has 0 saturated carbocycles. The molecule has 13 heavy (non-hydrogen) atoms.